The molecule has 26 heavy (non-hydrogen) atoms. The molecular weight excluding hydrogens is 427 g/mol. The molecule has 3 N–H and O–H groups in total. The van der Waals surface area contributed by atoms with Crippen LogP contribution >= 0.6 is 46.1 Å². The second-order valence-corrected chi connectivity index (χ2v) is 8.13. The number of benzene rings is 1. The highest BCUT2D eigenvalue weighted by atomic mass is 35.6. The maximum absolute atomic E-state index is 11.9. The van der Waals surface area contributed by atoms with Crippen molar-refractivity contribution >= 4 is 69.0 Å². The zero-order chi connectivity index (χ0) is 19.5. The van der Waals surface area contributed by atoms with Gasteiger partial charge in [0.15, 0.2) is 0 Å². The van der Waals surface area contributed by atoms with Gasteiger partial charge in [-0.15, -0.1) is 11.3 Å². The lowest BCUT2D eigenvalue weighted by Gasteiger charge is -2.10. The van der Waals surface area contributed by atoms with Crippen molar-refractivity contribution in [3.8, 4) is 16.2 Å². The summed E-state index contributed by atoms with van der Waals surface area (Å²) in [7, 11) is 1.53. The van der Waals surface area contributed by atoms with Crippen LogP contribution in [0.2, 0.25) is 0 Å². The first-order valence-electron chi connectivity index (χ1n) is 6.82. The summed E-state index contributed by atoms with van der Waals surface area (Å²) in [6.07, 6.45) is 0. The molecule has 0 bridgehead atoms. The first kappa shape index (κ1) is 20.3. The monoisotopic (exact) mass is 436 g/mol. The number of carbonyl (C=O) groups is 3. The van der Waals surface area contributed by atoms with Crippen molar-refractivity contribution in [2.45, 2.75) is 3.79 Å². The topological polar surface area (TPSA) is 105 Å². The number of ether oxygens (including phenoxy) is 1. The van der Waals surface area contributed by atoms with E-state index in [0.717, 1.165) is 16.9 Å². The van der Waals surface area contributed by atoms with Gasteiger partial charge in [0.2, 0.25) is 0 Å². The SMILES string of the molecule is COc1ccc(-c2cc(C(=O)O)c(NC(=O)NC(=O)C(Cl)(Cl)Cl)s2)cc1. The van der Waals surface area contributed by atoms with Crippen molar-refractivity contribution in [1.29, 1.82) is 0 Å². The number of methoxy groups -OCH3 is 1. The molecule has 7 nitrogen and oxygen atoms in total. The molecule has 138 valence electrons. The average molecular weight is 438 g/mol. The smallest absolute Gasteiger partial charge is 0.338 e. The van der Waals surface area contributed by atoms with Crippen LogP contribution in [0.25, 0.3) is 10.4 Å². The summed E-state index contributed by atoms with van der Waals surface area (Å²) in [6.45, 7) is 0. The quantitative estimate of drug-likeness (QED) is 0.624. The van der Waals surface area contributed by atoms with Crippen molar-refractivity contribution in [3.63, 3.8) is 0 Å². The summed E-state index contributed by atoms with van der Waals surface area (Å²) >= 11 is 17.1. The van der Waals surface area contributed by atoms with E-state index in [2.05, 4.69) is 5.32 Å². The number of anilines is 1. The summed E-state index contributed by atoms with van der Waals surface area (Å²) in [5.41, 5.74) is 0.585. The van der Waals surface area contributed by atoms with Crippen LogP contribution in [0.1, 0.15) is 10.4 Å². The fourth-order valence-corrected chi connectivity index (χ4v) is 3.04. The molecule has 0 fully saturated rings. The van der Waals surface area contributed by atoms with Crippen molar-refractivity contribution in [1.82, 2.24) is 5.32 Å². The largest absolute Gasteiger partial charge is 0.497 e. The van der Waals surface area contributed by atoms with Gasteiger partial charge in [-0.3, -0.25) is 15.4 Å². The number of urea groups is 1. The number of amides is 3. The molecule has 0 radical (unpaired) electrons. The maximum Gasteiger partial charge on any atom is 0.338 e. The number of rotatable bonds is 4. The molecule has 0 atom stereocenters. The fourth-order valence-electron chi connectivity index (χ4n) is 1.85. The normalized spacial score (nSPS) is 10.9. The van der Waals surface area contributed by atoms with Gasteiger partial charge < -0.3 is 9.84 Å². The molecule has 1 heterocycles. The minimum Gasteiger partial charge on any atom is -0.497 e. The Morgan fingerprint density at radius 1 is 1.15 bits per heavy atom. The molecule has 0 saturated carbocycles. The standard InChI is InChI=1S/C15H11Cl3N2O5S/c1-25-8-4-2-7(3-5-8)10-6-9(12(21)22)11(26-10)19-14(24)20-13(23)15(16,17)18/h2-6H,1H3,(H,21,22)(H2,19,20,23,24). The molecule has 0 aliphatic heterocycles. The highest BCUT2D eigenvalue weighted by Crippen LogP contribution is 2.36. The zero-order valence-corrected chi connectivity index (χ0v) is 16.1. The third kappa shape index (κ3) is 5.01. The number of hydrogen-bond acceptors (Lipinski definition) is 5. The number of imide groups is 1. The van der Waals surface area contributed by atoms with Crippen LogP contribution in [-0.4, -0.2) is 33.9 Å². The fraction of sp³-hybridized carbons (Fsp3) is 0.133. The van der Waals surface area contributed by atoms with E-state index in [-0.39, 0.29) is 10.6 Å². The van der Waals surface area contributed by atoms with Crippen LogP contribution in [-0.2, 0) is 4.79 Å². The molecule has 0 saturated heterocycles. The predicted octanol–water partition coefficient (Wildman–Crippen LogP) is 4.14. The van der Waals surface area contributed by atoms with Gasteiger partial charge in [0.05, 0.1) is 12.7 Å². The summed E-state index contributed by atoms with van der Waals surface area (Å²) in [5, 5.41) is 13.4. The summed E-state index contributed by atoms with van der Waals surface area (Å²) < 4.78 is 2.75. The molecule has 3 amide bonds. The third-order valence-corrected chi connectivity index (χ3v) is 4.66. The number of carboxylic acids is 1. The minimum atomic E-state index is -2.32. The van der Waals surface area contributed by atoms with E-state index in [1.165, 1.54) is 13.2 Å². The predicted molar refractivity (Wildman–Crippen MR) is 101 cm³/mol. The van der Waals surface area contributed by atoms with Gasteiger partial charge in [0, 0.05) is 4.88 Å². The first-order chi connectivity index (χ1) is 12.1. The van der Waals surface area contributed by atoms with Crippen molar-refractivity contribution in [3.05, 3.63) is 35.9 Å². The Hall–Kier alpha value is -2.00. The highest BCUT2D eigenvalue weighted by Gasteiger charge is 2.32. The lowest BCUT2D eigenvalue weighted by atomic mass is 10.1. The molecule has 2 aromatic rings. The number of thiophene rings is 1. The summed E-state index contributed by atoms with van der Waals surface area (Å²) in [6, 6.07) is 7.30. The van der Waals surface area contributed by atoms with Gasteiger partial charge in [0.25, 0.3) is 9.70 Å². The Labute approximate surface area is 166 Å². The van der Waals surface area contributed by atoms with Crippen LogP contribution in [0.15, 0.2) is 30.3 Å². The van der Waals surface area contributed by atoms with Crippen molar-refractivity contribution < 1.29 is 24.2 Å². The molecule has 0 unspecified atom stereocenters. The molecule has 0 spiro atoms. The van der Waals surface area contributed by atoms with Gasteiger partial charge >= 0.3 is 12.0 Å². The molecule has 1 aromatic heterocycles. The molecule has 2 rings (SSSR count). The number of hydrogen-bond donors (Lipinski definition) is 3. The zero-order valence-electron chi connectivity index (χ0n) is 13.0. The van der Waals surface area contributed by atoms with Crippen LogP contribution in [0.5, 0.6) is 5.75 Å². The number of nitrogens with one attached hydrogen (secondary N) is 2. The highest BCUT2D eigenvalue weighted by molar-refractivity contribution is 7.20. The maximum atomic E-state index is 11.9. The van der Waals surface area contributed by atoms with Crippen LogP contribution in [0.4, 0.5) is 9.80 Å². The van der Waals surface area contributed by atoms with Crippen LogP contribution in [0, 0.1) is 0 Å². The number of alkyl halides is 3. The van der Waals surface area contributed by atoms with Gasteiger partial charge in [-0.2, -0.15) is 0 Å². The molecule has 1 aromatic carbocycles. The van der Waals surface area contributed by atoms with E-state index >= 15 is 0 Å². The van der Waals surface area contributed by atoms with Crippen molar-refractivity contribution in [2.24, 2.45) is 0 Å². The number of aromatic carboxylic acids is 1. The van der Waals surface area contributed by atoms with E-state index in [1.54, 1.807) is 24.3 Å². The average Bonchev–Trinajstić information content (AvgIpc) is 2.98. The van der Waals surface area contributed by atoms with E-state index in [4.69, 9.17) is 39.5 Å². The first-order valence-corrected chi connectivity index (χ1v) is 8.77. The van der Waals surface area contributed by atoms with Gasteiger partial charge in [-0.1, -0.05) is 34.8 Å². The molecular formula is C15H11Cl3N2O5S. The lowest BCUT2D eigenvalue weighted by molar-refractivity contribution is -0.119. The van der Waals surface area contributed by atoms with Crippen LogP contribution < -0.4 is 15.4 Å². The third-order valence-electron chi connectivity index (χ3n) is 3.05. The van der Waals surface area contributed by atoms with Crippen molar-refractivity contribution in [2.75, 3.05) is 12.4 Å². The minimum absolute atomic E-state index is 0.0259. The number of carboxylic acid groups (broad SMARTS) is 1. The Kier molecular flexibility index (Phi) is 6.35. The summed E-state index contributed by atoms with van der Waals surface area (Å²) in [5.74, 6) is -1.76. The van der Waals surface area contributed by atoms with Crippen LogP contribution in [0.3, 0.4) is 0 Å². The number of carbonyl (C=O) groups excluding carboxylic acids is 2. The molecule has 0 aliphatic carbocycles. The van der Waals surface area contributed by atoms with Gasteiger partial charge in [-0.25, -0.2) is 9.59 Å². The van der Waals surface area contributed by atoms with E-state index < -0.39 is 21.7 Å². The van der Waals surface area contributed by atoms with E-state index in [9.17, 15) is 19.5 Å². The lowest BCUT2D eigenvalue weighted by Crippen LogP contribution is -2.41. The Morgan fingerprint density at radius 3 is 2.27 bits per heavy atom. The second-order valence-electron chi connectivity index (χ2n) is 4.79. The summed E-state index contributed by atoms with van der Waals surface area (Å²) in [4.78, 5) is 35.3. The Balaban J connectivity index is 2.25. The van der Waals surface area contributed by atoms with Gasteiger partial charge in [-0.05, 0) is 35.9 Å². The molecule has 11 heteroatoms. The molecule has 0 aliphatic rings. The second kappa shape index (κ2) is 8.13. The van der Waals surface area contributed by atoms with E-state index in [1.807, 2.05) is 5.32 Å². The Morgan fingerprint density at radius 2 is 1.77 bits per heavy atom. The Bertz CT molecular complexity index is 846. The van der Waals surface area contributed by atoms with E-state index in [0.29, 0.717) is 10.6 Å². The van der Waals surface area contributed by atoms with Gasteiger partial charge in [0.1, 0.15) is 10.8 Å². The number of halogens is 3.